The Morgan fingerprint density at radius 2 is 2.24 bits per heavy atom. The lowest BCUT2D eigenvalue weighted by Crippen LogP contribution is -2.33. The van der Waals surface area contributed by atoms with Gasteiger partial charge in [-0.25, -0.2) is 0 Å². The second-order valence-corrected chi connectivity index (χ2v) is 4.46. The first-order chi connectivity index (χ1) is 8.08. The van der Waals surface area contributed by atoms with Crippen LogP contribution in [0.5, 0.6) is 0 Å². The van der Waals surface area contributed by atoms with E-state index in [1.54, 1.807) is 0 Å². The largest absolute Gasteiger partial charge is 0.468 e. The maximum Gasteiger partial charge on any atom is 0.322 e. The van der Waals surface area contributed by atoms with Crippen molar-refractivity contribution >= 4 is 17.6 Å². The third-order valence-corrected chi connectivity index (χ3v) is 3.09. The number of halogens is 1. The molecule has 4 heteroatoms. The number of carbonyl (C=O) groups is 1. The SMILES string of the molecule is CCC(CC(N)C(=O)OC)c1cccc(Cl)c1. The lowest BCUT2D eigenvalue weighted by atomic mass is 9.90. The van der Waals surface area contributed by atoms with Crippen LogP contribution in [0.1, 0.15) is 31.2 Å². The quantitative estimate of drug-likeness (QED) is 0.823. The van der Waals surface area contributed by atoms with E-state index in [0.717, 1.165) is 12.0 Å². The average Bonchev–Trinajstić information content (AvgIpc) is 2.34. The minimum atomic E-state index is -0.580. The predicted molar refractivity (Wildman–Crippen MR) is 69.1 cm³/mol. The molecule has 0 amide bonds. The minimum Gasteiger partial charge on any atom is -0.468 e. The average molecular weight is 256 g/mol. The van der Waals surface area contributed by atoms with E-state index >= 15 is 0 Å². The summed E-state index contributed by atoms with van der Waals surface area (Å²) in [6, 6.07) is 7.08. The van der Waals surface area contributed by atoms with Crippen molar-refractivity contribution in [3.8, 4) is 0 Å². The van der Waals surface area contributed by atoms with Gasteiger partial charge in [-0.3, -0.25) is 4.79 Å². The summed E-state index contributed by atoms with van der Waals surface area (Å²) >= 11 is 5.95. The van der Waals surface area contributed by atoms with E-state index in [2.05, 4.69) is 11.7 Å². The summed E-state index contributed by atoms with van der Waals surface area (Å²) in [5.41, 5.74) is 6.88. The fourth-order valence-electron chi connectivity index (χ4n) is 1.85. The lowest BCUT2D eigenvalue weighted by molar-refractivity contribution is -0.142. The Morgan fingerprint density at radius 1 is 1.53 bits per heavy atom. The summed E-state index contributed by atoms with van der Waals surface area (Å²) in [6.45, 7) is 2.07. The molecule has 1 aromatic rings. The van der Waals surface area contributed by atoms with Crippen LogP contribution in [0.15, 0.2) is 24.3 Å². The maximum atomic E-state index is 11.3. The zero-order valence-electron chi connectivity index (χ0n) is 10.2. The Balaban J connectivity index is 2.75. The second-order valence-electron chi connectivity index (χ2n) is 4.03. The van der Waals surface area contributed by atoms with Crippen molar-refractivity contribution in [2.24, 2.45) is 5.73 Å². The maximum absolute atomic E-state index is 11.3. The molecule has 2 unspecified atom stereocenters. The molecular formula is C13H18ClNO2. The summed E-state index contributed by atoms with van der Waals surface area (Å²) in [7, 11) is 1.35. The monoisotopic (exact) mass is 255 g/mol. The van der Waals surface area contributed by atoms with Crippen LogP contribution in [0.3, 0.4) is 0 Å². The summed E-state index contributed by atoms with van der Waals surface area (Å²) in [6.07, 6.45) is 1.48. The summed E-state index contributed by atoms with van der Waals surface area (Å²) < 4.78 is 4.63. The molecule has 3 nitrogen and oxygen atoms in total. The number of rotatable bonds is 5. The van der Waals surface area contributed by atoms with E-state index in [1.165, 1.54) is 7.11 Å². The summed E-state index contributed by atoms with van der Waals surface area (Å²) in [5, 5.41) is 0.701. The zero-order chi connectivity index (χ0) is 12.8. The van der Waals surface area contributed by atoms with Gasteiger partial charge in [0.25, 0.3) is 0 Å². The number of methoxy groups -OCH3 is 1. The zero-order valence-corrected chi connectivity index (χ0v) is 10.9. The van der Waals surface area contributed by atoms with Gasteiger partial charge in [0, 0.05) is 5.02 Å². The molecule has 0 saturated heterocycles. The molecule has 0 aromatic heterocycles. The molecule has 0 fully saturated rings. The first-order valence-corrected chi connectivity index (χ1v) is 6.05. The second kappa shape index (κ2) is 6.62. The van der Waals surface area contributed by atoms with Crippen LogP contribution < -0.4 is 5.73 Å². The van der Waals surface area contributed by atoms with Crippen LogP contribution in [-0.4, -0.2) is 19.1 Å². The molecule has 0 saturated carbocycles. The van der Waals surface area contributed by atoms with Gasteiger partial charge in [-0.2, -0.15) is 0 Å². The Bertz CT molecular complexity index is 381. The van der Waals surface area contributed by atoms with E-state index in [9.17, 15) is 4.79 Å². The van der Waals surface area contributed by atoms with Gasteiger partial charge in [-0.15, -0.1) is 0 Å². The van der Waals surface area contributed by atoms with Crippen molar-refractivity contribution < 1.29 is 9.53 Å². The van der Waals surface area contributed by atoms with E-state index in [-0.39, 0.29) is 11.9 Å². The highest BCUT2D eigenvalue weighted by molar-refractivity contribution is 6.30. The third kappa shape index (κ3) is 4.02. The number of hydrogen-bond acceptors (Lipinski definition) is 3. The van der Waals surface area contributed by atoms with E-state index in [4.69, 9.17) is 17.3 Å². The van der Waals surface area contributed by atoms with Crippen LogP contribution in [0.25, 0.3) is 0 Å². The molecular weight excluding hydrogens is 238 g/mol. The van der Waals surface area contributed by atoms with Gasteiger partial charge in [-0.1, -0.05) is 30.7 Å². The number of nitrogens with two attached hydrogens (primary N) is 1. The normalized spacial score (nSPS) is 14.1. The van der Waals surface area contributed by atoms with Crippen molar-refractivity contribution in [3.63, 3.8) is 0 Å². The van der Waals surface area contributed by atoms with Gasteiger partial charge in [0.05, 0.1) is 7.11 Å². The first-order valence-electron chi connectivity index (χ1n) is 5.67. The molecule has 0 bridgehead atoms. The van der Waals surface area contributed by atoms with Crippen molar-refractivity contribution in [1.29, 1.82) is 0 Å². The fraction of sp³-hybridized carbons (Fsp3) is 0.462. The molecule has 94 valence electrons. The topological polar surface area (TPSA) is 52.3 Å². The lowest BCUT2D eigenvalue weighted by Gasteiger charge is -2.18. The van der Waals surface area contributed by atoms with Crippen LogP contribution >= 0.6 is 11.6 Å². The van der Waals surface area contributed by atoms with Gasteiger partial charge in [0.2, 0.25) is 0 Å². The highest BCUT2D eigenvalue weighted by Gasteiger charge is 2.20. The highest BCUT2D eigenvalue weighted by atomic mass is 35.5. The molecule has 2 N–H and O–H groups in total. The number of ether oxygens (including phenoxy) is 1. The molecule has 1 rings (SSSR count). The van der Waals surface area contributed by atoms with E-state index in [1.807, 2.05) is 24.3 Å². The van der Waals surface area contributed by atoms with Crippen LogP contribution in [0.2, 0.25) is 5.02 Å². The summed E-state index contributed by atoms with van der Waals surface area (Å²) in [5.74, 6) is -0.145. The minimum absolute atomic E-state index is 0.225. The summed E-state index contributed by atoms with van der Waals surface area (Å²) in [4.78, 5) is 11.3. The van der Waals surface area contributed by atoms with E-state index in [0.29, 0.717) is 11.4 Å². The smallest absolute Gasteiger partial charge is 0.322 e. The Hall–Kier alpha value is -1.06. The molecule has 0 aliphatic carbocycles. The van der Waals surface area contributed by atoms with Gasteiger partial charge in [0.15, 0.2) is 0 Å². The van der Waals surface area contributed by atoms with Crippen molar-refractivity contribution in [3.05, 3.63) is 34.9 Å². The van der Waals surface area contributed by atoms with Crippen LogP contribution in [0, 0.1) is 0 Å². The van der Waals surface area contributed by atoms with Crippen LogP contribution in [0.4, 0.5) is 0 Å². The van der Waals surface area contributed by atoms with Crippen molar-refractivity contribution in [1.82, 2.24) is 0 Å². The third-order valence-electron chi connectivity index (χ3n) is 2.86. The van der Waals surface area contributed by atoms with Gasteiger partial charge >= 0.3 is 5.97 Å². The first kappa shape index (κ1) is 14.0. The van der Waals surface area contributed by atoms with Gasteiger partial charge in [0.1, 0.15) is 6.04 Å². The fourth-order valence-corrected chi connectivity index (χ4v) is 2.05. The number of carbonyl (C=O) groups excluding carboxylic acids is 1. The Morgan fingerprint density at radius 3 is 2.76 bits per heavy atom. The molecule has 0 radical (unpaired) electrons. The van der Waals surface area contributed by atoms with Crippen molar-refractivity contribution in [2.45, 2.75) is 31.7 Å². The molecule has 0 heterocycles. The molecule has 0 aliphatic rings. The highest BCUT2D eigenvalue weighted by Crippen LogP contribution is 2.26. The van der Waals surface area contributed by atoms with E-state index < -0.39 is 6.04 Å². The Kier molecular flexibility index (Phi) is 5.45. The molecule has 2 atom stereocenters. The Labute approximate surface area is 107 Å². The number of benzene rings is 1. The standard InChI is InChI=1S/C13H18ClNO2/c1-3-9(8-12(15)13(16)17-2)10-5-4-6-11(14)7-10/h4-7,9,12H,3,8,15H2,1-2H3. The molecule has 1 aromatic carbocycles. The van der Waals surface area contributed by atoms with Crippen LogP contribution in [-0.2, 0) is 9.53 Å². The molecule has 0 spiro atoms. The van der Waals surface area contributed by atoms with Gasteiger partial charge in [-0.05, 0) is 36.5 Å². The molecule has 0 aliphatic heterocycles. The van der Waals surface area contributed by atoms with Gasteiger partial charge < -0.3 is 10.5 Å². The van der Waals surface area contributed by atoms with Crippen molar-refractivity contribution in [2.75, 3.05) is 7.11 Å². The number of hydrogen-bond donors (Lipinski definition) is 1. The predicted octanol–water partition coefficient (Wildman–Crippen LogP) is 2.72. The number of esters is 1. The molecule has 17 heavy (non-hydrogen) atoms.